The third kappa shape index (κ3) is 3.64. The molecule has 7 nitrogen and oxygen atoms in total. The van der Waals surface area contributed by atoms with E-state index in [1.165, 1.54) is 24.1 Å². The molecular formula is C23H23NO6. The Balaban J connectivity index is 1.80. The summed E-state index contributed by atoms with van der Waals surface area (Å²) in [6.07, 6.45) is 1.57. The number of nitrogens with zero attached hydrogens (tertiary/aromatic N) is 1. The highest BCUT2D eigenvalue weighted by Crippen LogP contribution is 2.40. The molecule has 0 spiro atoms. The highest BCUT2D eigenvalue weighted by Gasteiger charge is 2.47. The molecule has 2 heterocycles. The van der Waals surface area contributed by atoms with Crippen LogP contribution < -0.4 is 4.74 Å². The highest BCUT2D eigenvalue weighted by atomic mass is 16.5. The quantitative estimate of drug-likeness (QED) is 0.448. The second-order valence-electron chi connectivity index (χ2n) is 7.41. The molecular weight excluding hydrogens is 386 g/mol. The molecule has 30 heavy (non-hydrogen) atoms. The fraction of sp³-hybridized carbons (Fsp3) is 0.304. The summed E-state index contributed by atoms with van der Waals surface area (Å²) in [6.45, 7) is 0.889. The van der Waals surface area contributed by atoms with E-state index < -0.39 is 17.7 Å². The molecule has 2 N–H and O–H groups in total. The summed E-state index contributed by atoms with van der Waals surface area (Å²) in [6, 6.07) is 12.1. The summed E-state index contributed by atoms with van der Waals surface area (Å²) in [5.74, 6) is -0.965. The summed E-state index contributed by atoms with van der Waals surface area (Å²) in [5, 5.41) is 20.7. The molecule has 2 aromatic rings. The van der Waals surface area contributed by atoms with Crippen LogP contribution in [0.15, 0.2) is 54.1 Å². The Kier molecular flexibility index (Phi) is 5.46. The molecule has 156 valence electrons. The molecule has 0 aliphatic carbocycles. The second-order valence-corrected chi connectivity index (χ2v) is 7.41. The SMILES string of the molecule is COc1ccc(C(O)=C2C(=O)C(=O)N(C[C@H]3CCCO3)[C@@H]2c2ccc(O)cc2)cc1. The minimum atomic E-state index is -0.767. The summed E-state index contributed by atoms with van der Waals surface area (Å²) < 4.78 is 10.8. The molecule has 4 rings (SSSR count). The number of aliphatic hydroxyl groups excluding tert-OH is 1. The van der Waals surface area contributed by atoms with Gasteiger partial charge in [-0.1, -0.05) is 12.1 Å². The number of phenolic OH excluding ortho intramolecular Hbond substituents is 1. The van der Waals surface area contributed by atoms with E-state index in [2.05, 4.69) is 0 Å². The first-order chi connectivity index (χ1) is 14.5. The lowest BCUT2D eigenvalue weighted by molar-refractivity contribution is -0.140. The van der Waals surface area contributed by atoms with Gasteiger partial charge in [0.2, 0.25) is 0 Å². The van der Waals surface area contributed by atoms with Gasteiger partial charge in [-0.15, -0.1) is 0 Å². The van der Waals surface area contributed by atoms with Gasteiger partial charge in [0.05, 0.1) is 24.8 Å². The first-order valence-electron chi connectivity index (χ1n) is 9.83. The van der Waals surface area contributed by atoms with E-state index in [9.17, 15) is 19.8 Å². The van der Waals surface area contributed by atoms with Gasteiger partial charge in [-0.05, 0) is 54.8 Å². The maximum absolute atomic E-state index is 13.0. The van der Waals surface area contributed by atoms with Gasteiger partial charge in [0.15, 0.2) is 0 Å². The van der Waals surface area contributed by atoms with Gasteiger partial charge in [-0.3, -0.25) is 9.59 Å². The van der Waals surface area contributed by atoms with Crippen molar-refractivity contribution in [3.05, 3.63) is 65.2 Å². The maximum Gasteiger partial charge on any atom is 0.295 e. The minimum absolute atomic E-state index is 0.0221. The molecule has 1 amide bonds. The van der Waals surface area contributed by atoms with E-state index in [0.29, 0.717) is 23.5 Å². The number of Topliss-reactive ketones (excluding diaryl/α,β-unsaturated/α-hetero) is 1. The van der Waals surface area contributed by atoms with Crippen LogP contribution in [0.3, 0.4) is 0 Å². The minimum Gasteiger partial charge on any atom is -0.508 e. The van der Waals surface area contributed by atoms with Crippen molar-refractivity contribution in [2.45, 2.75) is 25.0 Å². The van der Waals surface area contributed by atoms with Gasteiger partial charge < -0.3 is 24.6 Å². The van der Waals surface area contributed by atoms with E-state index in [-0.39, 0.29) is 29.7 Å². The number of benzene rings is 2. The van der Waals surface area contributed by atoms with E-state index in [4.69, 9.17) is 9.47 Å². The fourth-order valence-electron chi connectivity index (χ4n) is 3.98. The summed E-state index contributed by atoms with van der Waals surface area (Å²) in [4.78, 5) is 27.3. The molecule has 2 aliphatic heterocycles. The van der Waals surface area contributed by atoms with Crippen molar-refractivity contribution in [3.8, 4) is 11.5 Å². The van der Waals surface area contributed by atoms with Crippen LogP contribution in [-0.2, 0) is 14.3 Å². The fourth-order valence-corrected chi connectivity index (χ4v) is 3.98. The molecule has 0 bridgehead atoms. The topological polar surface area (TPSA) is 96.3 Å². The lowest BCUT2D eigenvalue weighted by Gasteiger charge is -2.27. The third-order valence-electron chi connectivity index (χ3n) is 5.54. The molecule has 2 aromatic carbocycles. The van der Waals surface area contributed by atoms with Crippen molar-refractivity contribution in [1.82, 2.24) is 4.90 Å². The third-order valence-corrected chi connectivity index (χ3v) is 5.54. The van der Waals surface area contributed by atoms with Crippen LogP contribution in [0.5, 0.6) is 11.5 Å². The standard InChI is InChI=1S/C23H23NO6/c1-29-17-10-6-15(7-11-17)21(26)19-20(14-4-8-16(25)9-5-14)24(23(28)22(19)27)13-18-3-2-12-30-18/h4-11,18,20,25-26H,2-3,12-13H2,1H3/t18-,20-/m1/s1. The van der Waals surface area contributed by atoms with Crippen LogP contribution >= 0.6 is 0 Å². The number of aliphatic hydroxyl groups is 1. The van der Waals surface area contributed by atoms with E-state index in [1.807, 2.05) is 0 Å². The number of methoxy groups -OCH3 is 1. The first-order valence-corrected chi connectivity index (χ1v) is 9.83. The lowest BCUT2D eigenvalue weighted by atomic mass is 9.95. The summed E-state index contributed by atoms with van der Waals surface area (Å²) >= 11 is 0. The smallest absolute Gasteiger partial charge is 0.295 e. The molecule has 0 radical (unpaired) electrons. The van der Waals surface area contributed by atoms with Gasteiger partial charge >= 0.3 is 0 Å². The zero-order chi connectivity index (χ0) is 21.3. The van der Waals surface area contributed by atoms with Crippen molar-refractivity contribution < 1.29 is 29.3 Å². The van der Waals surface area contributed by atoms with E-state index in [0.717, 1.165) is 12.8 Å². The van der Waals surface area contributed by atoms with Gasteiger partial charge in [0.25, 0.3) is 11.7 Å². The van der Waals surface area contributed by atoms with Gasteiger partial charge in [0, 0.05) is 18.7 Å². The zero-order valence-electron chi connectivity index (χ0n) is 16.6. The summed E-state index contributed by atoms with van der Waals surface area (Å²) in [7, 11) is 1.54. The molecule has 2 fully saturated rings. The average molecular weight is 409 g/mol. The highest BCUT2D eigenvalue weighted by molar-refractivity contribution is 6.46. The number of ketones is 1. The van der Waals surface area contributed by atoms with E-state index in [1.54, 1.807) is 36.4 Å². The maximum atomic E-state index is 13.0. The van der Waals surface area contributed by atoms with Crippen molar-refractivity contribution in [2.75, 3.05) is 20.3 Å². The Morgan fingerprint density at radius 3 is 2.43 bits per heavy atom. The van der Waals surface area contributed by atoms with Crippen LogP contribution in [0.4, 0.5) is 0 Å². The van der Waals surface area contributed by atoms with Crippen LogP contribution in [0.2, 0.25) is 0 Å². The van der Waals surface area contributed by atoms with Crippen LogP contribution in [0, 0.1) is 0 Å². The Hall–Kier alpha value is -3.32. The van der Waals surface area contributed by atoms with Crippen LogP contribution in [0.25, 0.3) is 5.76 Å². The summed E-state index contributed by atoms with van der Waals surface area (Å²) in [5.41, 5.74) is 1.06. The van der Waals surface area contributed by atoms with Crippen molar-refractivity contribution in [2.24, 2.45) is 0 Å². The number of aromatic hydroxyl groups is 1. The predicted molar refractivity (Wildman–Crippen MR) is 109 cm³/mol. The van der Waals surface area contributed by atoms with Crippen molar-refractivity contribution in [1.29, 1.82) is 0 Å². The normalized spacial score (nSPS) is 23.2. The predicted octanol–water partition coefficient (Wildman–Crippen LogP) is 3.00. The van der Waals surface area contributed by atoms with Crippen molar-refractivity contribution >= 4 is 17.4 Å². The van der Waals surface area contributed by atoms with E-state index >= 15 is 0 Å². The first kappa shape index (κ1) is 20.0. The number of likely N-dealkylation sites (tertiary alicyclic amines) is 1. The number of hydrogen-bond acceptors (Lipinski definition) is 6. The van der Waals surface area contributed by atoms with Gasteiger partial charge in [0.1, 0.15) is 17.3 Å². The second kappa shape index (κ2) is 8.20. The van der Waals surface area contributed by atoms with Crippen molar-refractivity contribution in [3.63, 3.8) is 0 Å². The number of carbonyl (C=O) groups excluding carboxylic acids is 2. The molecule has 2 atom stereocenters. The zero-order valence-corrected chi connectivity index (χ0v) is 16.6. The largest absolute Gasteiger partial charge is 0.508 e. The lowest BCUT2D eigenvalue weighted by Crippen LogP contribution is -2.36. The number of rotatable bonds is 5. The number of phenols is 1. The van der Waals surface area contributed by atoms with Gasteiger partial charge in [-0.2, -0.15) is 0 Å². The molecule has 7 heteroatoms. The Bertz CT molecular complexity index is 974. The number of ether oxygens (including phenoxy) is 2. The molecule has 0 unspecified atom stereocenters. The van der Waals surface area contributed by atoms with Crippen LogP contribution in [-0.4, -0.2) is 53.2 Å². The Morgan fingerprint density at radius 2 is 1.83 bits per heavy atom. The monoisotopic (exact) mass is 409 g/mol. The Morgan fingerprint density at radius 1 is 1.13 bits per heavy atom. The molecule has 0 saturated carbocycles. The Labute approximate surface area is 174 Å². The van der Waals surface area contributed by atoms with Crippen LogP contribution in [0.1, 0.15) is 30.0 Å². The average Bonchev–Trinajstić information content (AvgIpc) is 3.36. The number of amides is 1. The van der Waals surface area contributed by atoms with Gasteiger partial charge in [-0.25, -0.2) is 0 Å². The molecule has 2 aliphatic rings. The number of hydrogen-bond donors (Lipinski definition) is 2. The number of carbonyl (C=O) groups is 2. The molecule has 0 aromatic heterocycles. The molecule has 2 saturated heterocycles.